The topological polar surface area (TPSA) is 115 Å². The van der Waals surface area contributed by atoms with Gasteiger partial charge in [-0.1, -0.05) is 17.3 Å². The fourth-order valence-electron chi connectivity index (χ4n) is 2.64. The summed E-state index contributed by atoms with van der Waals surface area (Å²) in [5.74, 6) is -0.793. The predicted octanol–water partition coefficient (Wildman–Crippen LogP) is 3.01. The standard InChI is InChI=1S/C20H20N2O6/c1-2-26-15-7-5-13(6-8-15)10-14(20(24)25)12-21-19(23)16-11-18(28-22-16)17-4-3-9-27-17/h3-9,11,14H,2,10,12H2,1H3,(H,21,23)(H,24,25). The first-order valence-corrected chi connectivity index (χ1v) is 8.80. The Labute approximate surface area is 161 Å². The van der Waals surface area contributed by atoms with Gasteiger partial charge in [-0.05, 0) is 43.2 Å². The van der Waals surface area contributed by atoms with E-state index in [2.05, 4.69) is 10.5 Å². The first-order valence-electron chi connectivity index (χ1n) is 8.80. The zero-order chi connectivity index (χ0) is 19.9. The van der Waals surface area contributed by atoms with Crippen LogP contribution in [-0.4, -0.2) is 35.3 Å². The van der Waals surface area contributed by atoms with Crippen molar-refractivity contribution < 1.29 is 28.4 Å². The third kappa shape index (κ3) is 4.79. The van der Waals surface area contributed by atoms with E-state index in [-0.39, 0.29) is 18.7 Å². The summed E-state index contributed by atoms with van der Waals surface area (Å²) in [6, 6.07) is 12.0. The molecule has 8 heteroatoms. The van der Waals surface area contributed by atoms with E-state index in [1.807, 2.05) is 19.1 Å². The number of ether oxygens (including phenoxy) is 1. The average Bonchev–Trinajstić information content (AvgIpc) is 3.37. The molecule has 28 heavy (non-hydrogen) atoms. The second-order valence-electron chi connectivity index (χ2n) is 6.08. The smallest absolute Gasteiger partial charge is 0.308 e. The molecule has 1 unspecified atom stereocenters. The number of aliphatic carboxylic acids is 1. The van der Waals surface area contributed by atoms with Gasteiger partial charge in [-0.3, -0.25) is 9.59 Å². The number of furan rings is 1. The van der Waals surface area contributed by atoms with E-state index in [1.165, 1.54) is 12.3 Å². The van der Waals surface area contributed by atoms with Crippen LogP contribution >= 0.6 is 0 Å². The molecular formula is C20H20N2O6. The minimum absolute atomic E-state index is 0.0374. The van der Waals surface area contributed by atoms with Crippen LogP contribution in [0.3, 0.4) is 0 Å². The van der Waals surface area contributed by atoms with Gasteiger partial charge in [-0.25, -0.2) is 0 Å². The van der Waals surface area contributed by atoms with Gasteiger partial charge < -0.3 is 24.1 Å². The summed E-state index contributed by atoms with van der Waals surface area (Å²) >= 11 is 0. The molecule has 2 heterocycles. The Morgan fingerprint density at radius 3 is 2.64 bits per heavy atom. The maximum Gasteiger partial charge on any atom is 0.308 e. The molecule has 3 aromatic rings. The minimum atomic E-state index is -0.995. The molecule has 0 saturated carbocycles. The summed E-state index contributed by atoms with van der Waals surface area (Å²) in [6.07, 6.45) is 1.76. The summed E-state index contributed by atoms with van der Waals surface area (Å²) in [6.45, 7) is 2.42. The summed E-state index contributed by atoms with van der Waals surface area (Å²) in [4.78, 5) is 23.8. The quantitative estimate of drug-likeness (QED) is 0.583. The molecule has 0 spiro atoms. The number of benzene rings is 1. The van der Waals surface area contributed by atoms with E-state index in [9.17, 15) is 14.7 Å². The van der Waals surface area contributed by atoms with Crippen LogP contribution in [-0.2, 0) is 11.2 Å². The summed E-state index contributed by atoms with van der Waals surface area (Å²) in [5, 5.41) is 15.8. The fourth-order valence-corrected chi connectivity index (χ4v) is 2.64. The van der Waals surface area contributed by atoms with Crippen LogP contribution in [0.5, 0.6) is 5.75 Å². The molecule has 0 radical (unpaired) electrons. The Morgan fingerprint density at radius 1 is 1.21 bits per heavy atom. The van der Waals surface area contributed by atoms with Gasteiger partial charge in [-0.2, -0.15) is 0 Å². The Bertz CT molecular complexity index is 915. The molecule has 1 amide bonds. The molecular weight excluding hydrogens is 364 g/mol. The Morgan fingerprint density at radius 2 is 2.00 bits per heavy atom. The van der Waals surface area contributed by atoms with E-state index < -0.39 is 17.8 Å². The summed E-state index contributed by atoms with van der Waals surface area (Å²) in [7, 11) is 0. The van der Waals surface area contributed by atoms with Gasteiger partial charge in [0.2, 0.25) is 5.76 Å². The van der Waals surface area contributed by atoms with Crippen molar-refractivity contribution in [2.24, 2.45) is 5.92 Å². The van der Waals surface area contributed by atoms with Crippen LogP contribution in [0.4, 0.5) is 0 Å². The van der Waals surface area contributed by atoms with Crippen molar-refractivity contribution in [1.82, 2.24) is 10.5 Å². The average molecular weight is 384 g/mol. The van der Waals surface area contributed by atoms with Crippen molar-refractivity contribution in [2.75, 3.05) is 13.2 Å². The van der Waals surface area contributed by atoms with E-state index >= 15 is 0 Å². The SMILES string of the molecule is CCOc1ccc(CC(CNC(=O)c2cc(-c3ccco3)on2)C(=O)O)cc1. The number of hydrogen-bond acceptors (Lipinski definition) is 6. The monoisotopic (exact) mass is 384 g/mol. The van der Waals surface area contributed by atoms with E-state index in [0.29, 0.717) is 18.1 Å². The molecule has 0 aliphatic rings. The molecule has 3 rings (SSSR count). The molecule has 146 valence electrons. The molecule has 0 aliphatic carbocycles. The van der Waals surface area contributed by atoms with Crippen molar-refractivity contribution in [3.63, 3.8) is 0 Å². The van der Waals surface area contributed by atoms with Crippen LogP contribution < -0.4 is 10.1 Å². The fraction of sp³-hybridized carbons (Fsp3) is 0.250. The van der Waals surface area contributed by atoms with Gasteiger partial charge in [0, 0.05) is 12.6 Å². The molecule has 8 nitrogen and oxygen atoms in total. The highest BCUT2D eigenvalue weighted by Crippen LogP contribution is 2.20. The van der Waals surface area contributed by atoms with E-state index in [4.69, 9.17) is 13.7 Å². The van der Waals surface area contributed by atoms with E-state index in [1.54, 1.807) is 24.3 Å². The lowest BCUT2D eigenvalue weighted by Crippen LogP contribution is -2.34. The highest BCUT2D eigenvalue weighted by Gasteiger charge is 2.21. The van der Waals surface area contributed by atoms with Crippen LogP contribution in [0.2, 0.25) is 0 Å². The number of carboxylic acids is 1. The number of rotatable bonds is 9. The molecule has 0 aliphatic heterocycles. The van der Waals surface area contributed by atoms with Gasteiger partial charge in [0.15, 0.2) is 11.5 Å². The molecule has 0 bridgehead atoms. The highest BCUT2D eigenvalue weighted by atomic mass is 16.5. The molecule has 0 saturated heterocycles. The maximum absolute atomic E-state index is 12.2. The van der Waals surface area contributed by atoms with Gasteiger partial charge in [-0.15, -0.1) is 0 Å². The number of carboxylic acid groups (broad SMARTS) is 1. The lowest BCUT2D eigenvalue weighted by atomic mass is 9.99. The van der Waals surface area contributed by atoms with Crippen molar-refractivity contribution in [2.45, 2.75) is 13.3 Å². The van der Waals surface area contributed by atoms with Gasteiger partial charge >= 0.3 is 5.97 Å². The molecule has 1 aromatic carbocycles. The normalized spacial score (nSPS) is 11.8. The number of amides is 1. The summed E-state index contributed by atoms with van der Waals surface area (Å²) in [5.41, 5.74) is 0.892. The molecule has 2 N–H and O–H groups in total. The third-order valence-electron chi connectivity index (χ3n) is 4.08. The number of hydrogen-bond donors (Lipinski definition) is 2. The molecule has 2 aromatic heterocycles. The minimum Gasteiger partial charge on any atom is -0.494 e. The van der Waals surface area contributed by atoms with Crippen molar-refractivity contribution in [1.29, 1.82) is 0 Å². The second kappa shape index (κ2) is 8.90. The predicted molar refractivity (Wildman–Crippen MR) is 99.0 cm³/mol. The Kier molecular flexibility index (Phi) is 6.11. The van der Waals surface area contributed by atoms with Crippen LogP contribution in [0.25, 0.3) is 11.5 Å². The number of nitrogens with zero attached hydrogens (tertiary/aromatic N) is 1. The third-order valence-corrected chi connectivity index (χ3v) is 4.08. The number of aromatic nitrogens is 1. The highest BCUT2D eigenvalue weighted by molar-refractivity contribution is 5.93. The first-order chi connectivity index (χ1) is 13.6. The number of carbonyl (C=O) groups excluding carboxylic acids is 1. The number of carbonyl (C=O) groups is 2. The lowest BCUT2D eigenvalue weighted by Gasteiger charge is -2.13. The zero-order valence-electron chi connectivity index (χ0n) is 15.3. The largest absolute Gasteiger partial charge is 0.494 e. The van der Waals surface area contributed by atoms with Crippen molar-refractivity contribution >= 4 is 11.9 Å². The molecule has 1 atom stereocenters. The van der Waals surface area contributed by atoms with Gasteiger partial charge in [0.05, 0.1) is 18.8 Å². The van der Waals surface area contributed by atoms with Crippen LogP contribution in [0, 0.1) is 5.92 Å². The Balaban J connectivity index is 1.58. The number of nitrogens with one attached hydrogen (secondary N) is 1. The maximum atomic E-state index is 12.2. The lowest BCUT2D eigenvalue weighted by molar-refractivity contribution is -0.141. The van der Waals surface area contributed by atoms with Crippen molar-refractivity contribution in [3.8, 4) is 17.3 Å². The second-order valence-corrected chi connectivity index (χ2v) is 6.08. The van der Waals surface area contributed by atoms with Gasteiger partial charge in [0.25, 0.3) is 5.91 Å². The van der Waals surface area contributed by atoms with Gasteiger partial charge in [0.1, 0.15) is 5.75 Å². The van der Waals surface area contributed by atoms with Crippen LogP contribution in [0.15, 0.2) is 57.7 Å². The van der Waals surface area contributed by atoms with E-state index in [0.717, 1.165) is 11.3 Å². The van der Waals surface area contributed by atoms with Crippen LogP contribution in [0.1, 0.15) is 23.0 Å². The first kappa shape index (κ1) is 19.2. The van der Waals surface area contributed by atoms with Crippen molar-refractivity contribution in [3.05, 3.63) is 60.0 Å². The Hall–Kier alpha value is -3.55. The zero-order valence-corrected chi connectivity index (χ0v) is 15.3. The summed E-state index contributed by atoms with van der Waals surface area (Å²) < 4.78 is 15.6. The molecule has 0 fully saturated rings.